The summed E-state index contributed by atoms with van der Waals surface area (Å²) < 4.78 is 36.1. The van der Waals surface area contributed by atoms with E-state index < -0.39 is 9.84 Å². The summed E-state index contributed by atoms with van der Waals surface area (Å²) in [5, 5.41) is 7.59. The average molecular weight is 334 g/mol. The van der Waals surface area contributed by atoms with Gasteiger partial charge in [-0.15, -0.1) is 10.2 Å². The highest BCUT2D eigenvalue weighted by Gasteiger charge is 2.11. The second kappa shape index (κ2) is 6.57. The van der Waals surface area contributed by atoms with Gasteiger partial charge in [-0.25, -0.2) is 12.8 Å². The molecular formula is C15H15FN4O2S. The lowest BCUT2D eigenvalue weighted by Gasteiger charge is -2.07. The quantitative estimate of drug-likeness (QED) is 0.498. The molecule has 2 aromatic rings. The second-order valence-corrected chi connectivity index (χ2v) is 6.79. The van der Waals surface area contributed by atoms with E-state index >= 15 is 0 Å². The number of nitrogens with zero attached hydrogens (tertiary/aromatic N) is 2. The molecule has 0 radical (unpaired) electrons. The SMILES string of the molecule is CS(=O)(=O)c1ccc(/C(=N/N=C(N)N)c2ccc(F)cc2)cc1. The molecule has 2 aromatic carbocycles. The van der Waals surface area contributed by atoms with Gasteiger partial charge >= 0.3 is 0 Å². The van der Waals surface area contributed by atoms with E-state index in [4.69, 9.17) is 11.5 Å². The van der Waals surface area contributed by atoms with Gasteiger partial charge in [-0.1, -0.05) is 12.1 Å². The molecule has 0 saturated carbocycles. The van der Waals surface area contributed by atoms with Crippen LogP contribution in [0.5, 0.6) is 0 Å². The van der Waals surface area contributed by atoms with E-state index in [0.29, 0.717) is 16.8 Å². The Hall–Kier alpha value is -2.74. The highest BCUT2D eigenvalue weighted by atomic mass is 32.2. The Kier molecular flexibility index (Phi) is 4.75. The van der Waals surface area contributed by atoms with Crippen molar-refractivity contribution in [2.75, 3.05) is 6.26 Å². The van der Waals surface area contributed by atoms with Crippen molar-refractivity contribution in [2.24, 2.45) is 21.7 Å². The van der Waals surface area contributed by atoms with Crippen molar-refractivity contribution in [3.05, 3.63) is 65.5 Å². The lowest BCUT2D eigenvalue weighted by atomic mass is 10.0. The molecule has 8 heteroatoms. The molecule has 0 amide bonds. The Morgan fingerprint density at radius 1 is 0.913 bits per heavy atom. The average Bonchev–Trinajstić information content (AvgIpc) is 2.48. The van der Waals surface area contributed by atoms with Crippen molar-refractivity contribution in [3.8, 4) is 0 Å². The van der Waals surface area contributed by atoms with Gasteiger partial charge in [-0.05, 0) is 36.4 Å². The summed E-state index contributed by atoms with van der Waals surface area (Å²) in [7, 11) is -3.30. The standard InChI is InChI=1S/C15H15FN4O2S/c1-23(21,22)13-8-4-11(5-9-13)14(19-20-15(17)18)10-2-6-12(16)7-3-10/h2-9H,1H3,(H4,17,18,20)/b19-14+. The minimum absolute atomic E-state index is 0.182. The van der Waals surface area contributed by atoms with E-state index in [1.54, 1.807) is 12.1 Å². The number of sulfone groups is 1. The van der Waals surface area contributed by atoms with Crippen molar-refractivity contribution >= 4 is 21.5 Å². The maximum Gasteiger partial charge on any atom is 0.211 e. The first kappa shape index (κ1) is 16.6. The summed E-state index contributed by atoms with van der Waals surface area (Å²) in [5.74, 6) is -0.611. The third-order valence-electron chi connectivity index (χ3n) is 2.94. The van der Waals surface area contributed by atoms with Gasteiger partial charge in [0.15, 0.2) is 9.84 Å². The third-order valence-corrected chi connectivity index (χ3v) is 4.07. The third kappa shape index (κ3) is 4.36. The fourth-order valence-electron chi connectivity index (χ4n) is 1.86. The Labute approximate surface area is 133 Å². The summed E-state index contributed by atoms with van der Waals surface area (Å²) in [6.07, 6.45) is 1.12. The first-order valence-corrected chi connectivity index (χ1v) is 8.39. The van der Waals surface area contributed by atoms with Gasteiger partial charge in [-0.3, -0.25) is 0 Å². The molecule has 0 aromatic heterocycles. The summed E-state index contributed by atoms with van der Waals surface area (Å²) in [6, 6.07) is 11.7. The van der Waals surface area contributed by atoms with Gasteiger partial charge in [0.05, 0.1) is 4.90 Å². The molecule has 4 N–H and O–H groups in total. The number of hydrogen-bond acceptors (Lipinski definition) is 4. The van der Waals surface area contributed by atoms with Gasteiger partial charge in [0, 0.05) is 17.4 Å². The number of halogens is 1. The molecule has 0 atom stereocenters. The molecule has 0 spiro atoms. The van der Waals surface area contributed by atoms with Crippen LogP contribution in [0.1, 0.15) is 11.1 Å². The van der Waals surface area contributed by atoms with Gasteiger partial charge < -0.3 is 11.5 Å². The molecule has 120 valence electrons. The molecule has 0 heterocycles. The van der Waals surface area contributed by atoms with Crippen LogP contribution >= 0.6 is 0 Å². The van der Waals surface area contributed by atoms with E-state index in [0.717, 1.165) is 6.26 Å². The van der Waals surface area contributed by atoms with Gasteiger partial charge in [-0.2, -0.15) is 0 Å². The minimum atomic E-state index is -3.30. The van der Waals surface area contributed by atoms with E-state index in [-0.39, 0.29) is 16.7 Å². The molecule has 0 aliphatic heterocycles. The highest BCUT2D eigenvalue weighted by molar-refractivity contribution is 7.90. The Morgan fingerprint density at radius 3 is 1.83 bits per heavy atom. The fraction of sp³-hybridized carbons (Fsp3) is 0.0667. The molecule has 0 unspecified atom stereocenters. The van der Waals surface area contributed by atoms with Gasteiger partial charge in [0.25, 0.3) is 0 Å². The van der Waals surface area contributed by atoms with E-state index in [9.17, 15) is 12.8 Å². The molecule has 0 aliphatic carbocycles. The van der Waals surface area contributed by atoms with E-state index in [1.165, 1.54) is 36.4 Å². The number of nitrogens with two attached hydrogens (primary N) is 2. The Balaban J connectivity index is 2.52. The normalized spacial score (nSPS) is 12.0. The smallest absolute Gasteiger partial charge is 0.211 e. The van der Waals surface area contributed by atoms with Gasteiger partial charge in [0.2, 0.25) is 5.96 Å². The molecule has 6 nitrogen and oxygen atoms in total. The predicted octanol–water partition coefficient (Wildman–Crippen LogP) is 1.25. The van der Waals surface area contributed by atoms with Crippen LogP contribution in [0.4, 0.5) is 4.39 Å². The second-order valence-electron chi connectivity index (χ2n) is 4.78. The van der Waals surface area contributed by atoms with Crippen LogP contribution < -0.4 is 11.5 Å². The van der Waals surface area contributed by atoms with Crippen LogP contribution in [-0.4, -0.2) is 26.3 Å². The molecular weight excluding hydrogens is 319 g/mol. The fourth-order valence-corrected chi connectivity index (χ4v) is 2.49. The largest absolute Gasteiger partial charge is 0.369 e. The van der Waals surface area contributed by atoms with Crippen molar-refractivity contribution in [3.63, 3.8) is 0 Å². The monoisotopic (exact) mass is 334 g/mol. The molecule has 0 bridgehead atoms. The van der Waals surface area contributed by atoms with Crippen molar-refractivity contribution < 1.29 is 12.8 Å². The maximum absolute atomic E-state index is 13.1. The molecule has 0 fully saturated rings. The highest BCUT2D eigenvalue weighted by Crippen LogP contribution is 2.16. The zero-order valence-electron chi connectivity index (χ0n) is 12.3. The first-order chi connectivity index (χ1) is 10.8. The van der Waals surface area contributed by atoms with Crippen LogP contribution in [0.25, 0.3) is 0 Å². The summed E-state index contributed by atoms with van der Waals surface area (Å²) in [5.41, 5.74) is 12.1. The van der Waals surface area contributed by atoms with E-state index in [1.807, 2.05) is 0 Å². The van der Waals surface area contributed by atoms with E-state index in [2.05, 4.69) is 10.2 Å². The molecule has 0 saturated heterocycles. The summed E-state index contributed by atoms with van der Waals surface area (Å²) in [4.78, 5) is 0.182. The van der Waals surface area contributed by atoms with Crippen molar-refractivity contribution in [1.29, 1.82) is 0 Å². The zero-order valence-corrected chi connectivity index (χ0v) is 13.1. The number of benzene rings is 2. The lowest BCUT2D eigenvalue weighted by Crippen LogP contribution is -2.22. The molecule has 23 heavy (non-hydrogen) atoms. The summed E-state index contributed by atoms with van der Waals surface area (Å²) >= 11 is 0. The molecule has 0 aliphatic rings. The first-order valence-electron chi connectivity index (χ1n) is 6.50. The molecule has 2 rings (SSSR count). The summed E-state index contributed by atoms with van der Waals surface area (Å²) in [6.45, 7) is 0. The lowest BCUT2D eigenvalue weighted by molar-refractivity contribution is 0.602. The number of guanidine groups is 1. The zero-order chi connectivity index (χ0) is 17.0. The maximum atomic E-state index is 13.1. The Bertz CT molecular complexity index is 853. The van der Waals surface area contributed by atoms with Crippen LogP contribution in [-0.2, 0) is 9.84 Å². The van der Waals surface area contributed by atoms with Gasteiger partial charge in [0.1, 0.15) is 11.5 Å². The van der Waals surface area contributed by atoms with Crippen molar-refractivity contribution in [1.82, 2.24) is 0 Å². The van der Waals surface area contributed by atoms with Crippen LogP contribution in [0.3, 0.4) is 0 Å². The predicted molar refractivity (Wildman–Crippen MR) is 87.4 cm³/mol. The van der Waals surface area contributed by atoms with Crippen LogP contribution in [0.2, 0.25) is 0 Å². The number of hydrogen-bond donors (Lipinski definition) is 2. The Morgan fingerprint density at radius 2 is 1.39 bits per heavy atom. The topological polar surface area (TPSA) is 111 Å². The van der Waals surface area contributed by atoms with Crippen molar-refractivity contribution in [2.45, 2.75) is 4.90 Å². The minimum Gasteiger partial charge on any atom is -0.369 e. The van der Waals surface area contributed by atoms with Crippen LogP contribution in [0, 0.1) is 5.82 Å². The van der Waals surface area contributed by atoms with Crippen LogP contribution in [0.15, 0.2) is 63.6 Å². The number of rotatable bonds is 4.